The van der Waals surface area contributed by atoms with E-state index < -0.39 is 47.2 Å². The highest BCUT2D eigenvalue weighted by molar-refractivity contribution is 8.00. The molecule has 0 spiro atoms. The minimum atomic E-state index is -1.49. The number of aromatic hydroxyl groups is 1. The molecule has 198 valence electrons. The molecule has 1 aliphatic heterocycles. The number of amides is 2. The number of carbonyl (C=O) groups is 1. The van der Waals surface area contributed by atoms with Crippen molar-refractivity contribution in [2.45, 2.75) is 61.7 Å². The normalized spacial score (nSPS) is 24.3. The first-order chi connectivity index (χ1) is 16.9. The number of aliphatic hydroxyl groups excluding tert-OH is 5. The number of anilines is 1. The molecule has 36 heavy (non-hydrogen) atoms. The maximum atomic E-state index is 12.1. The molecule has 5 atom stereocenters. The van der Waals surface area contributed by atoms with E-state index in [2.05, 4.69) is 10.6 Å². The van der Waals surface area contributed by atoms with Gasteiger partial charge in [-0.1, -0.05) is 12.1 Å². The van der Waals surface area contributed by atoms with Crippen LogP contribution in [-0.4, -0.2) is 84.4 Å². The Hall–Kier alpha value is -2.54. The molecule has 2 amide bonds. The van der Waals surface area contributed by atoms with Gasteiger partial charge in [-0.25, -0.2) is 4.79 Å². The fourth-order valence-electron chi connectivity index (χ4n) is 3.81. The summed E-state index contributed by atoms with van der Waals surface area (Å²) < 4.78 is 6.00. The van der Waals surface area contributed by atoms with E-state index in [0.717, 1.165) is 28.5 Å². The second-order valence-electron chi connectivity index (χ2n) is 9.55. The first-order valence-electron chi connectivity index (χ1n) is 11.5. The number of aryl methyl sites for hydroxylation is 1. The minimum absolute atomic E-state index is 0.0304. The third kappa shape index (κ3) is 6.81. The number of carbonyl (C=O) groups excluding carboxylic acids is 1. The van der Waals surface area contributed by atoms with Crippen molar-refractivity contribution in [3.8, 4) is 11.5 Å². The van der Waals surface area contributed by atoms with Crippen LogP contribution in [0, 0.1) is 6.92 Å². The zero-order valence-corrected chi connectivity index (χ0v) is 21.2. The van der Waals surface area contributed by atoms with Gasteiger partial charge in [0.1, 0.15) is 23.7 Å². The molecular weight excluding hydrogens is 488 g/mol. The van der Waals surface area contributed by atoms with Crippen molar-refractivity contribution in [3.05, 3.63) is 53.1 Å². The quantitative estimate of drug-likeness (QED) is 0.253. The first kappa shape index (κ1) is 28.0. The Kier molecular flexibility index (Phi) is 9.09. The molecule has 11 heteroatoms. The largest absolute Gasteiger partial charge is 0.508 e. The Morgan fingerprint density at radius 2 is 1.72 bits per heavy atom. The molecule has 0 bridgehead atoms. The highest BCUT2D eigenvalue weighted by Crippen LogP contribution is 2.37. The number of phenolic OH excluding ortho intramolecular Hbond substituents is 1. The van der Waals surface area contributed by atoms with Crippen molar-refractivity contribution >= 4 is 23.5 Å². The predicted octanol–water partition coefficient (Wildman–Crippen LogP) is 1.08. The van der Waals surface area contributed by atoms with Crippen molar-refractivity contribution in [2.75, 3.05) is 18.5 Å². The van der Waals surface area contributed by atoms with E-state index in [4.69, 9.17) is 4.74 Å². The molecule has 8 N–H and O–H groups in total. The molecule has 3 rings (SSSR count). The van der Waals surface area contributed by atoms with Gasteiger partial charge >= 0.3 is 6.03 Å². The summed E-state index contributed by atoms with van der Waals surface area (Å²) in [7, 11) is 0. The molecule has 1 aliphatic rings. The monoisotopic (exact) mass is 522 g/mol. The fraction of sp³-hybridized carbons (Fsp3) is 0.480. The number of rotatable bonds is 8. The smallest absolute Gasteiger partial charge is 0.319 e. The van der Waals surface area contributed by atoms with Gasteiger partial charge in [-0.05, 0) is 50.1 Å². The molecule has 0 unspecified atom stereocenters. The minimum Gasteiger partial charge on any atom is -0.508 e. The van der Waals surface area contributed by atoms with E-state index >= 15 is 0 Å². The van der Waals surface area contributed by atoms with Crippen LogP contribution in [-0.2, 0) is 6.42 Å². The van der Waals surface area contributed by atoms with Crippen molar-refractivity contribution in [2.24, 2.45) is 0 Å². The van der Waals surface area contributed by atoms with Gasteiger partial charge in [0.2, 0.25) is 0 Å². The maximum absolute atomic E-state index is 12.1. The van der Waals surface area contributed by atoms with Crippen LogP contribution in [0.25, 0.3) is 0 Å². The van der Waals surface area contributed by atoms with E-state index in [-0.39, 0.29) is 12.4 Å². The van der Waals surface area contributed by atoms with Crippen LogP contribution in [0.3, 0.4) is 0 Å². The Labute approximate surface area is 213 Å². The van der Waals surface area contributed by atoms with Crippen molar-refractivity contribution in [3.63, 3.8) is 0 Å². The lowest BCUT2D eigenvalue weighted by Crippen LogP contribution is -2.55. The van der Waals surface area contributed by atoms with Crippen LogP contribution in [0.1, 0.15) is 30.5 Å². The fourth-order valence-corrected chi connectivity index (χ4v) is 5.04. The Bertz CT molecular complexity index is 1050. The summed E-state index contributed by atoms with van der Waals surface area (Å²) in [5, 5.41) is 64.3. The molecule has 0 aromatic heterocycles. The maximum Gasteiger partial charge on any atom is 0.319 e. The summed E-state index contributed by atoms with van der Waals surface area (Å²) in [5.74, 6) is 0.273. The van der Waals surface area contributed by atoms with Gasteiger partial charge in [0.05, 0.1) is 30.1 Å². The predicted molar refractivity (Wildman–Crippen MR) is 136 cm³/mol. The Morgan fingerprint density at radius 3 is 2.33 bits per heavy atom. The lowest BCUT2D eigenvalue weighted by Gasteiger charge is -2.39. The highest BCUT2D eigenvalue weighted by Gasteiger charge is 2.44. The van der Waals surface area contributed by atoms with Gasteiger partial charge in [0, 0.05) is 23.7 Å². The van der Waals surface area contributed by atoms with Crippen LogP contribution in [0.5, 0.6) is 11.5 Å². The summed E-state index contributed by atoms with van der Waals surface area (Å²) in [6, 6.07) is 9.70. The molecule has 2 aromatic carbocycles. The van der Waals surface area contributed by atoms with Gasteiger partial charge in [-0.2, -0.15) is 0 Å². The van der Waals surface area contributed by atoms with E-state index in [1.165, 1.54) is 6.07 Å². The molecule has 2 aromatic rings. The van der Waals surface area contributed by atoms with Crippen LogP contribution in [0.4, 0.5) is 10.5 Å². The summed E-state index contributed by atoms with van der Waals surface area (Å²) >= 11 is 1.01. The third-order valence-electron chi connectivity index (χ3n) is 5.95. The molecule has 0 saturated carbocycles. The SMILES string of the molecule is Cc1cc(O)cc(O[C@@H]2S[C@H](CO)[C@@H](O)[C@H](O)[C@H]2O)c1Cc1ccc(NC(=O)NC(C)(C)CO)cc1. The topological polar surface area (TPSA) is 172 Å². The highest BCUT2D eigenvalue weighted by atomic mass is 32.2. The zero-order valence-electron chi connectivity index (χ0n) is 20.4. The number of ether oxygens (including phenoxy) is 1. The average molecular weight is 523 g/mol. The van der Waals surface area contributed by atoms with Crippen LogP contribution < -0.4 is 15.4 Å². The number of benzene rings is 2. The van der Waals surface area contributed by atoms with Crippen LogP contribution in [0.15, 0.2) is 36.4 Å². The molecule has 0 radical (unpaired) electrons. The summed E-state index contributed by atoms with van der Waals surface area (Å²) in [6.07, 6.45) is -3.79. The molecule has 0 aliphatic carbocycles. The molecule has 10 nitrogen and oxygen atoms in total. The van der Waals surface area contributed by atoms with Crippen LogP contribution in [0.2, 0.25) is 0 Å². The van der Waals surface area contributed by atoms with Crippen molar-refractivity contribution < 1.29 is 40.2 Å². The van der Waals surface area contributed by atoms with E-state index in [9.17, 15) is 35.4 Å². The lowest BCUT2D eigenvalue weighted by molar-refractivity contribution is -0.0910. The number of aliphatic hydroxyl groups is 5. The number of urea groups is 1. The lowest BCUT2D eigenvalue weighted by atomic mass is 9.98. The van der Waals surface area contributed by atoms with Gasteiger partial charge in [-0.15, -0.1) is 11.8 Å². The number of thioether (sulfide) groups is 1. The number of nitrogens with one attached hydrogen (secondary N) is 2. The number of phenols is 1. The van der Waals surface area contributed by atoms with Gasteiger partial charge in [0.25, 0.3) is 0 Å². The average Bonchev–Trinajstić information content (AvgIpc) is 2.82. The van der Waals surface area contributed by atoms with E-state index in [1.807, 2.05) is 19.1 Å². The molecule has 1 heterocycles. The summed E-state index contributed by atoms with van der Waals surface area (Å²) in [5.41, 5.74) is 1.20. The molecular formula is C25H34N2O8S. The first-order valence-corrected chi connectivity index (χ1v) is 12.5. The second-order valence-corrected chi connectivity index (χ2v) is 10.9. The third-order valence-corrected chi connectivity index (χ3v) is 7.37. The zero-order chi connectivity index (χ0) is 26.6. The van der Waals surface area contributed by atoms with E-state index in [0.29, 0.717) is 17.9 Å². The van der Waals surface area contributed by atoms with Gasteiger partial charge < -0.3 is 46.0 Å². The van der Waals surface area contributed by atoms with Crippen molar-refractivity contribution in [1.29, 1.82) is 0 Å². The summed E-state index contributed by atoms with van der Waals surface area (Å²) in [4.78, 5) is 12.1. The summed E-state index contributed by atoms with van der Waals surface area (Å²) in [6.45, 7) is 4.61. The second kappa shape index (κ2) is 11.7. The Balaban J connectivity index is 1.76. The van der Waals surface area contributed by atoms with Gasteiger partial charge in [0.15, 0.2) is 5.44 Å². The van der Waals surface area contributed by atoms with E-state index in [1.54, 1.807) is 32.0 Å². The van der Waals surface area contributed by atoms with Crippen LogP contribution >= 0.6 is 11.8 Å². The molecule has 1 saturated heterocycles. The van der Waals surface area contributed by atoms with Crippen molar-refractivity contribution in [1.82, 2.24) is 5.32 Å². The Morgan fingerprint density at radius 1 is 1.06 bits per heavy atom. The number of hydrogen-bond donors (Lipinski definition) is 8. The van der Waals surface area contributed by atoms with Gasteiger partial charge in [-0.3, -0.25) is 0 Å². The number of hydrogen-bond acceptors (Lipinski definition) is 9. The standard InChI is InChI=1S/C25H34N2O8S/c1-13-8-16(30)10-18(35-23-22(33)21(32)20(31)19(11-28)36-23)17(13)9-14-4-6-15(7-5-14)26-24(34)27-25(2,3)12-29/h4-8,10,19-23,28-33H,9,11-12H2,1-3H3,(H2,26,27,34)/t19-,20-,21+,22-,23-/m1/s1. The molecule has 1 fully saturated rings.